The normalized spacial score (nSPS) is 13.4. The summed E-state index contributed by atoms with van der Waals surface area (Å²) in [5, 5.41) is 21.9. The Morgan fingerprint density at radius 2 is 1.80 bits per heavy atom. The molecule has 13 heteroatoms. The van der Waals surface area contributed by atoms with Crippen LogP contribution in [0.5, 0.6) is 23.0 Å². The topological polar surface area (TPSA) is 164 Å². The number of amides is 1. The third kappa shape index (κ3) is 6.57. The molecule has 0 aliphatic heterocycles. The Morgan fingerprint density at radius 3 is 2.37 bits per heavy atom. The van der Waals surface area contributed by atoms with E-state index in [0.717, 1.165) is 16.7 Å². The average molecular weight is 571 g/mol. The van der Waals surface area contributed by atoms with Crippen molar-refractivity contribution in [1.29, 1.82) is 0 Å². The minimum atomic E-state index is -0.518. The average Bonchev–Trinajstić information content (AvgIpc) is 3.14. The molecule has 220 valence electrons. The number of aliphatic hydroxyl groups excluding tert-OH is 1. The maximum atomic E-state index is 12.6. The molecule has 1 aromatic heterocycles. The van der Waals surface area contributed by atoms with Crippen LogP contribution in [-0.2, 0) is 17.8 Å². The number of hydrogen-bond donors (Lipinski definition) is 2. The van der Waals surface area contributed by atoms with E-state index in [1.807, 2.05) is 12.1 Å². The molecule has 1 aliphatic carbocycles. The number of carbonyl (C=O) groups excluding carboxylic acids is 1. The zero-order valence-corrected chi connectivity index (χ0v) is 23.8. The van der Waals surface area contributed by atoms with E-state index in [-0.39, 0.29) is 42.1 Å². The van der Waals surface area contributed by atoms with Crippen molar-refractivity contribution in [3.63, 3.8) is 0 Å². The van der Waals surface area contributed by atoms with E-state index in [4.69, 9.17) is 24.1 Å². The van der Waals surface area contributed by atoms with Crippen LogP contribution in [0.15, 0.2) is 35.3 Å². The van der Waals surface area contributed by atoms with Gasteiger partial charge in [0.15, 0.2) is 23.1 Å². The van der Waals surface area contributed by atoms with Crippen molar-refractivity contribution in [2.24, 2.45) is 0 Å². The first-order valence-electron chi connectivity index (χ1n) is 12.7. The Morgan fingerprint density at radius 1 is 1.12 bits per heavy atom. The summed E-state index contributed by atoms with van der Waals surface area (Å²) in [5.41, 5.74) is 3.01. The van der Waals surface area contributed by atoms with Crippen LogP contribution in [0, 0.1) is 17.0 Å². The molecule has 0 bridgehead atoms. The third-order valence-corrected chi connectivity index (χ3v) is 6.64. The lowest BCUT2D eigenvalue weighted by molar-refractivity contribution is -0.392. The maximum absolute atomic E-state index is 12.6. The van der Waals surface area contributed by atoms with Crippen molar-refractivity contribution >= 4 is 11.7 Å². The molecular formula is C28H34N4O9. The molecule has 0 unspecified atom stereocenters. The van der Waals surface area contributed by atoms with Crippen molar-refractivity contribution in [2.75, 3.05) is 35.0 Å². The van der Waals surface area contributed by atoms with Crippen molar-refractivity contribution in [3.05, 3.63) is 67.8 Å². The fourth-order valence-corrected chi connectivity index (χ4v) is 4.84. The highest BCUT2D eigenvalue weighted by atomic mass is 16.6. The van der Waals surface area contributed by atoms with Crippen molar-refractivity contribution < 1.29 is 33.8 Å². The van der Waals surface area contributed by atoms with Crippen LogP contribution in [0.25, 0.3) is 11.1 Å². The summed E-state index contributed by atoms with van der Waals surface area (Å²) in [6.45, 7) is 3.20. The highest BCUT2D eigenvalue weighted by molar-refractivity contribution is 5.83. The van der Waals surface area contributed by atoms with Gasteiger partial charge in [-0.05, 0) is 52.7 Å². The number of fused-ring (bicyclic) bond motifs is 3. The van der Waals surface area contributed by atoms with Crippen molar-refractivity contribution in [1.82, 2.24) is 14.9 Å². The van der Waals surface area contributed by atoms with Crippen LogP contribution in [-0.4, -0.2) is 60.5 Å². The van der Waals surface area contributed by atoms with Gasteiger partial charge < -0.3 is 39.5 Å². The first-order chi connectivity index (χ1) is 19.6. The van der Waals surface area contributed by atoms with E-state index in [2.05, 4.69) is 10.3 Å². The summed E-state index contributed by atoms with van der Waals surface area (Å²) in [7, 11) is 6.14. The highest BCUT2D eigenvalue weighted by Gasteiger charge is 2.29. The summed E-state index contributed by atoms with van der Waals surface area (Å²) in [6.07, 6.45) is 2.45. The molecule has 1 atom stereocenters. The molecule has 0 spiro atoms. The lowest BCUT2D eigenvalue weighted by atomic mass is 9.95. The van der Waals surface area contributed by atoms with Gasteiger partial charge in [-0.1, -0.05) is 6.07 Å². The van der Waals surface area contributed by atoms with Crippen LogP contribution >= 0.6 is 0 Å². The molecule has 1 amide bonds. The van der Waals surface area contributed by atoms with Gasteiger partial charge in [0.05, 0.1) is 41.1 Å². The monoisotopic (exact) mass is 570 g/mol. The number of methoxy groups -OCH3 is 4. The predicted octanol–water partition coefficient (Wildman–Crippen LogP) is 2.96. The van der Waals surface area contributed by atoms with Gasteiger partial charge in [-0.2, -0.15) is 0 Å². The number of hydrogen-bond acceptors (Lipinski definition) is 10. The van der Waals surface area contributed by atoms with E-state index in [1.165, 1.54) is 30.9 Å². The first kappa shape index (κ1) is 30.9. The second-order valence-electron chi connectivity index (χ2n) is 9.05. The number of ether oxygens (including phenoxy) is 4. The number of nitro groups is 1. The Hall–Kier alpha value is -4.65. The first-order valence-corrected chi connectivity index (χ1v) is 12.7. The SMILES string of the molecule is COc1cc2c(c(OC)c1OC)-c1ccc(OC)c(=O)cc1[C@@H](NC(C)=O)CC2.Cc1ncc([N+](=O)[O-])n1CCO. The van der Waals surface area contributed by atoms with Gasteiger partial charge in [-0.15, -0.1) is 0 Å². The number of aryl methyl sites for hydroxylation is 2. The smallest absolute Gasteiger partial charge is 0.342 e. The minimum Gasteiger partial charge on any atom is -0.493 e. The van der Waals surface area contributed by atoms with Crippen LogP contribution < -0.4 is 29.7 Å². The summed E-state index contributed by atoms with van der Waals surface area (Å²) >= 11 is 0. The van der Waals surface area contributed by atoms with Crippen LogP contribution in [0.3, 0.4) is 0 Å². The molecule has 2 N–H and O–H groups in total. The molecule has 3 aromatic rings. The zero-order valence-electron chi connectivity index (χ0n) is 23.8. The number of nitrogens with one attached hydrogen (secondary N) is 1. The number of imidazole rings is 1. The van der Waals surface area contributed by atoms with Crippen molar-refractivity contribution in [3.8, 4) is 34.1 Å². The molecule has 13 nitrogen and oxygen atoms in total. The number of aromatic nitrogens is 2. The summed E-state index contributed by atoms with van der Waals surface area (Å²) in [4.78, 5) is 38.1. The number of benzene rings is 1. The number of carbonyl (C=O) groups is 1. The van der Waals surface area contributed by atoms with Gasteiger partial charge in [0.1, 0.15) is 12.7 Å². The van der Waals surface area contributed by atoms with Gasteiger partial charge >= 0.3 is 5.82 Å². The molecule has 0 saturated heterocycles. The maximum Gasteiger partial charge on any atom is 0.342 e. The molecule has 0 saturated carbocycles. The van der Waals surface area contributed by atoms with Gasteiger partial charge in [0.25, 0.3) is 0 Å². The fraction of sp³-hybridized carbons (Fsp3) is 0.393. The lowest BCUT2D eigenvalue weighted by Gasteiger charge is -2.19. The minimum absolute atomic E-state index is 0.0819. The number of aliphatic hydroxyl groups is 1. The standard InChI is InChI=1S/C22H25NO6.C6H9N3O3/c1-12(24)23-16-8-6-13-10-19(27-3)21(28-4)22(29-5)20(13)14-7-9-18(26-2)17(25)11-15(14)16;1-5-7-4-6(9(11)12)8(5)2-3-10/h7,9-11,16H,6,8H2,1-5H3,(H,23,24);4,10H,2-3H2,1H3/t16-;/m0./s1. The molecule has 0 fully saturated rings. The predicted molar refractivity (Wildman–Crippen MR) is 150 cm³/mol. The number of rotatable bonds is 8. The molecule has 2 aromatic carbocycles. The third-order valence-electron chi connectivity index (χ3n) is 6.64. The Bertz CT molecular complexity index is 1490. The summed E-state index contributed by atoms with van der Waals surface area (Å²) in [5.74, 6) is 2.06. The second kappa shape index (κ2) is 13.6. The molecule has 4 rings (SSSR count). The molecule has 41 heavy (non-hydrogen) atoms. The lowest BCUT2D eigenvalue weighted by Crippen LogP contribution is -2.26. The van der Waals surface area contributed by atoms with Gasteiger partial charge in [-0.3, -0.25) is 9.59 Å². The van der Waals surface area contributed by atoms with Crippen molar-refractivity contribution in [2.45, 2.75) is 39.3 Å². The molecule has 1 heterocycles. The second-order valence-corrected chi connectivity index (χ2v) is 9.05. The molecule has 1 aliphatic rings. The van der Waals surface area contributed by atoms with Crippen LogP contribution in [0.4, 0.5) is 5.82 Å². The summed E-state index contributed by atoms with van der Waals surface area (Å²) in [6, 6.07) is 6.57. The van der Waals surface area contributed by atoms with Gasteiger partial charge in [0.2, 0.25) is 17.1 Å². The molecule has 0 radical (unpaired) electrons. The zero-order chi connectivity index (χ0) is 30.3. The van der Waals surface area contributed by atoms with E-state index in [1.54, 1.807) is 34.3 Å². The van der Waals surface area contributed by atoms with Crippen LogP contribution in [0.2, 0.25) is 0 Å². The Kier molecular flexibility index (Phi) is 10.3. The quantitative estimate of drug-likeness (QED) is 0.304. The van der Waals surface area contributed by atoms with E-state index >= 15 is 0 Å². The summed E-state index contributed by atoms with van der Waals surface area (Å²) < 4.78 is 23.4. The van der Waals surface area contributed by atoms with E-state index in [9.17, 15) is 19.7 Å². The largest absolute Gasteiger partial charge is 0.493 e. The van der Waals surface area contributed by atoms with Gasteiger partial charge in [-0.25, -0.2) is 9.55 Å². The van der Waals surface area contributed by atoms with E-state index < -0.39 is 4.92 Å². The van der Waals surface area contributed by atoms with Crippen LogP contribution in [0.1, 0.15) is 36.3 Å². The Balaban J connectivity index is 0.000000322. The Labute approximate surface area is 236 Å². The number of nitrogens with zero attached hydrogens (tertiary/aromatic N) is 3. The highest BCUT2D eigenvalue weighted by Crippen LogP contribution is 2.50. The fourth-order valence-electron chi connectivity index (χ4n) is 4.84. The molecular weight excluding hydrogens is 536 g/mol. The van der Waals surface area contributed by atoms with Gasteiger partial charge in [0, 0.05) is 19.4 Å². The van der Waals surface area contributed by atoms with E-state index in [0.29, 0.717) is 41.5 Å².